The fourth-order valence-corrected chi connectivity index (χ4v) is 2.11. The average molecular weight is 220 g/mol. The van der Waals surface area contributed by atoms with Gasteiger partial charge in [0.25, 0.3) is 0 Å². The van der Waals surface area contributed by atoms with E-state index in [9.17, 15) is 0 Å². The van der Waals surface area contributed by atoms with Crippen LogP contribution >= 0.6 is 11.3 Å². The van der Waals surface area contributed by atoms with Gasteiger partial charge in [0.15, 0.2) is 0 Å². The maximum Gasteiger partial charge on any atom is 0.0434 e. The van der Waals surface area contributed by atoms with Crippen molar-refractivity contribution in [2.45, 2.75) is 51.9 Å². The molecule has 0 aliphatic heterocycles. The maximum atomic E-state index is 3.26. The minimum atomic E-state index is 0.937. The van der Waals surface area contributed by atoms with Crippen LogP contribution in [0.5, 0.6) is 0 Å². The molecule has 0 aliphatic carbocycles. The molecule has 0 saturated heterocycles. The highest BCUT2D eigenvalue weighted by Gasteiger charge is 1.88. The van der Waals surface area contributed by atoms with E-state index in [0.29, 0.717) is 0 Å². The second-order valence-corrected chi connectivity index (χ2v) is 4.81. The Hall–Kier alpha value is -0.740. The van der Waals surface area contributed by atoms with Crippen LogP contribution < -0.4 is 0 Å². The van der Waals surface area contributed by atoms with Gasteiger partial charge in [-0.15, -0.1) is 17.3 Å². The first-order valence-electron chi connectivity index (χ1n) is 5.91. The third-order valence-corrected chi connectivity index (χ3v) is 3.25. The van der Waals surface area contributed by atoms with E-state index in [4.69, 9.17) is 0 Å². The molecule has 0 nitrogen and oxygen atoms in total. The summed E-state index contributed by atoms with van der Waals surface area (Å²) in [6, 6.07) is 4.24. The van der Waals surface area contributed by atoms with Gasteiger partial charge >= 0.3 is 0 Å². The van der Waals surface area contributed by atoms with Crippen LogP contribution in [-0.2, 0) is 6.42 Å². The van der Waals surface area contributed by atoms with Gasteiger partial charge in [0.2, 0.25) is 0 Å². The molecule has 1 aromatic rings. The molecule has 0 bridgehead atoms. The van der Waals surface area contributed by atoms with E-state index >= 15 is 0 Å². The van der Waals surface area contributed by atoms with Gasteiger partial charge in [0.1, 0.15) is 0 Å². The Morgan fingerprint density at radius 2 is 2.00 bits per heavy atom. The van der Waals surface area contributed by atoms with Gasteiger partial charge in [0.05, 0.1) is 0 Å². The summed E-state index contributed by atoms with van der Waals surface area (Å²) in [6.45, 7) is 2.25. The molecule has 0 amide bonds. The molecule has 15 heavy (non-hydrogen) atoms. The molecule has 1 heterocycles. The monoisotopic (exact) mass is 220 g/mol. The van der Waals surface area contributed by atoms with Crippen molar-refractivity contribution in [1.82, 2.24) is 0 Å². The van der Waals surface area contributed by atoms with Crippen molar-refractivity contribution in [3.8, 4) is 11.8 Å². The fourth-order valence-electron chi connectivity index (χ4n) is 1.47. The largest absolute Gasteiger partial charge is 0.148 e. The smallest absolute Gasteiger partial charge is 0.0434 e. The average Bonchev–Trinajstić information content (AvgIpc) is 2.75. The lowest BCUT2D eigenvalue weighted by molar-refractivity contribution is 0.641. The van der Waals surface area contributed by atoms with Gasteiger partial charge in [-0.05, 0) is 17.9 Å². The van der Waals surface area contributed by atoms with E-state index in [1.165, 1.54) is 37.0 Å². The minimum absolute atomic E-state index is 0.937. The summed E-state index contributed by atoms with van der Waals surface area (Å²) in [7, 11) is 0. The first kappa shape index (κ1) is 12.3. The molecule has 0 unspecified atom stereocenters. The van der Waals surface area contributed by atoms with Crippen molar-refractivity contribution in [2.75, 3.05) is 0 Å². The van der Waals surface area contributed by atoms with Crippen molar-refractivity contribution in [2.24, 2.45) is 0 Å². The van der Waals surface area contributed by atoms with E-state index in [2.05, 4.69) is 36.3 Å². The van der Waals surface area contributed by atoms with Crippen molar-refractivity contribution in [1.29, 1.82) is 0 Å². The molecule has 0 spiro atoms. The normalized spacial score (nSPS) is 9.67. The quantitative estimate of drug-likeness (QED) is 0.483. The third-order valence-electron chi connectivity index (χ3n) is 2.37. The standard InChI is InChI=1S/C14H20S/c1-2-3-4-5-6-7-8-9-11-14-12-10-13-15-14/h10,12-13H,2-7,11H2,1H3. The number of thiophene rings is 1. The molecule has 0 aromatic carbocycles. The highest BCUT2D eigenvalue weighted by Crippen LogP contribution is 2.08. The molecule has 0 fully saturated rings. The lowest BCUT2D eigenvalue weighted by Gasteiger charge is -1.94. The highest BCUT2D eigenvalue weighted by atomic mass is 32.1. The zero-order valence-electron chi connectivity index (χ0n) is 9.59. The Labute approximate surface area is 97.7 Å². The number of hydrogen-bond acceptors (Lipinski definition) is 1. The zero-order chi connectivity index (χ0) is 10.8. The summed E-state index contributed by atoms with van der Waals surface area (Å²) in [4.78, 5) is 1.38. The molecule has 1 rings (SSSR count). The number of rotatable bonds is 6. The van der Waals surface area contributed by atoms with E-state index in [1.807, 2.05) is 0 Å². The van der Waals surface area contributed by atoms with Crippen LogP contribution in [-0.4, -0.2) is 0 Å². The molecular weight excluding hydrogens is 200 g/mol. The summed E-state index contributed by atoms with van der Waals surface area (Å²) >= 11 is 1.80. The summed E-state index contributed by atoms with van der Waals surface area (Å²) in [5, 5.41) is 2.11. The second kappa shape index (κ2) is 8.56. The van der Waals surface area contributed by atoms with Crippen LogP contribution in [0.2, 0.25) is 0 Å². The van der Waals surface area contributed by atoms with Gasteiger partial charge in [-0.3, -0.25) is 0 Å². The molecule has 0 saturated carbocycles. The van der Waals surface area contributed by atoms with Crippen molar-refractivity contribution >= 4 is 11.3 Å². The van der Waals surface area contributed by atoms with Crippen LogP contribution in [0, 0.1) is 11.8 Å². The first-order chi connectivity index (χ1) is 7.43. The molecule has 0 aliphatic rings. The second-order valence-electron chi connectivity index (χ2n) is 3.77. The number of unbranched alkanes of at least 4 members (excludes halogenated alkanes) is 5. The van der Waals surface area contributed by atoms with Crippen molar-refractivity contribution < 1.29 is 0 Å². The molecule has 1 heteroatoms. The van der Waals surface area contributed by atoms with Crippen LogP contribution in [0.1, 0.15) is 50.3 Å². The third kappa shape index (κ3) is 6.36. The van der Waals surface area contributed by atoms with Crippen LogP contribution in [0.25, 0.3) is 0 Å². The highest BCUT2D eigenvalue weighted by molar-refractivity contribution is 7.09. The molecule has 82 valence electrons. The van der Waals surface area contributed by atoms with Crippen molar-refractivity contribution in [3.63, 3.8) is 0 Å². The molecule has 0 atom stereocenters. The van der Waals surface area contributed by atoms with E-state index in [-0.39, 0.29) is 0 Å². The first-order valence-corrected chi connectivity index (χ1v) is 6.79. The molecule has 1 aromatic heterocycles. The Kier molecular flexibility index (Phi) is 7.04. The van der Waals surface area contributed by atoms with Gasteiger partial charge in [-0.25, -0.2) is 0 Å². The summed E-state index contributed by atoms with van der Waals surface area (Å²) in [5.41, 5.74) is 0. The minimum Gasteiger partial charge on any atom is -0.148 e. The molecule has 0 N–H and O–H groups in total. The van der Waals surface area contributed by atoms with Crippen LogP contribution in [0.15, 0.2) is 17.5 Å². The Bertz CT molecular complexity index is 287. The predicted octanol–water partition coefficient (Wildman–Crippen LogP) is 4.65. The van der Waals surface area contributed by atoms with E-state index in [1.54, 1.807) is 11.3 Å². The van der Waals surface area contributed by atoms with Gasteiger partial charge in [-0.1, -0.05) is 44.6 Å². The van der Waals surface area contributed by atoms with Gasteiger partial charge < -0.3 is 0 Å². The topological polar surface area (TPSA) is 0 Å². The van der Waals surface area contributed by atoms with Gasteiger partial charge in [0, 0.05) is 17.7 Å². The fraction of sp³-hybridized carbons (Fsp3) is 0.571. The zero-order valence-corrected chi connectivity index (χ0v) is 10.4. The summed E-state index contributed by atoms with van der Waals surface area (Å²) in [5.74, 6) is 6.50. The van der Waals surface area contributed by atoms with Crippen LogP contribution in [0.3, 0.4) is 0 Å². The van der Waals surface area contributed by atoms with E-state index < -0.39 is 0 Å². The lowest BCUT2D eigenvalue weighted by atomic mass is 10.1. The lowest BCUT2D eigenvalue weighted by Crippen LogP contribution is -1.77. The molecular formula is C14H20S. The predicted molar refractivity (Wildman–Crippen MR) is 69.2 cm³/mol. The summed E-state index contributed by atoms with van der Waals surface area (Å²) < 4.78 is 0. The van der Waals surface area contributed by atoms with Crippen molar-refractivity contribution in [3.05, 3.63) is 22.4 Å². The molecule has 0 radical (unpaired) electrons. The van der Waals surface area contributed by atoms with Gasteiger partial charge in [-0.2, -0.15) is 0 Å². The van der Waals surface area contributed by atoms with Crippen LogP contribution in [0.4, 0.5) is 0 Å². The summed E-state index contributed by atoms with van der Waals surface area (Å²) in [6.07, 6.45) is 8.72. The maximum absolute atomic E-state index is 3.26. The number of hydrogen-bond donors (Lipinski definition) is 0. The SMILES string of the molecule is CCCCCCCC#CCc1cccs1. The Morgan fingerprint density at radius 3 is 2.73 bits per heavy atom. The Morgan fingerprint density at radius 1 is 1.13 bits per heavy atom. The Balaban J connectivity index is 1.98. The van der Waals surface area contributed by atoms with E-state index in [0.717, 1.165) is 12.8 Å².